The van der Waals surface area contributed by atoms with Crippen LogP contribution < -0.4 is 14.8 Å². The lowest BCUT2D eigenvalue weighted by atomic mass is 10.3. The number of nitrogens with zero attached hydrogens (tertiary/aromatic N) is 2. The molecule has 0 radical (unpaired) electrons. The molecule has 7 nitrogen and oxygen atoms in total. The van der Waals surface area contributed by atoms with Gasteiger partial charge in [0, 0.05) is 5.02 Å². The fourth-order valence-corrected chi connectivity index (χ4v) is 3.09. The smallest absolute Gasteiger partial charge is 0.233 e. The third-order valence-corrected chi connectivity index (χ3v) is 4.52. The lowest BCUT2D eigenvalue weighted by Gasteiger charge is -2.11. The van der Waals surface area contributed by atoms with Crippen molar-refractivity contribution in [3.8, 4) is 5.75 Å². The highest BCUT2D eigenvalue weighted by Crippen LogP contribution is 2.29. The van der Waals surface area contributed by atoms with Crippen molar-refractivity contribution < 1.29 is 13.2 Å². The van der Waals surface area contributed by atoms with Gasteiger partial charge in [-0.25, -0.2) is 8.42 Å². The molecule has 124 valence electrons. The maximum Gasteiger partial charge on any atom is 0.233 e. The zero-order chi connectivity index (χ0) is 16.9. The molecular weight excluding hydrogens is 340 g/mol. The van der Waals surface area contributed by atoms with Gasteiger partial charge in [0.05, 0.1) is 18.6 Å². The molecule has 0 amide bonds. The van der Waals surface area contributed by atoms with E-state index in [4.69, 9.17) is 16.3 Å². The van der Waals surface area contributed by atoms with Gasteiger partial charge in [-0.1, -0.05) is 18.5 Å². The number of nitrogens with one attached hydrogen (secondary N) is 2. The Balaban J connectivity index is 2.13. The van der Waals surface area contributed by atoms with E-state index in [0.29, 0.717) is 28.7 Å². The molecule has 0 saturated carbocycles. The highest BCUT2D eigenvalue weighted by Gasteiger charge is 2.10. The third kappa shape index (κ3) is 4.97. The van der Waals surface area contributed by atoms with Gasteiger partial charge in [0.15, 0.2) is 11.6 Å². The SMILES string of the molecule is CCCS(=O)(=O)Nc1ccc(Nc2cc(Cl)ccc2OC)nn1. The van der Waals surface area contributed by atoms with Gasteiger partial charge in [0.25, 0.3) is 0 Å². The average molecular weight is 357 g/mol. The third-order valence-electron chi connectivity index (χ3n) is 2.82. The van der Waals surface area contributed by atoms with Crippen molar-refractivity contribution >= 4 is 38.9 Å². The van der Waals surface area contributed by atoms with Crippen molar-refractivity contribution in [2.75, 3.05) is 22.9 Å². The number of hydrogen-bond acceptors (Lipinski definition) is 6. The van der Waals surface area contributed by atoms with Gasteiger partial charge < -0.3 is 10.1 Å². The van der Waals surface area contributed by atoms with Crippen LogP contribution in [0.2, 0.25) is 5.02 Å². The normalized spacial score (nSPS) is 11.1. The molecule has 0 bridgehead atoms. The first-order valence-electron chi connectivity index (χ1n) is 6.88. The lowest BCUT2D eigenvalue weighted by Crippen LogP contribution is -2.17. The minimum Gasteiger partial charge on any atom is -0.495 e. The molecule has 1 aromatic heterocycles. The van der Waals surface area contributed by atoms with Gasteiger partial charge in [-0.15, -0.1) is 10.2 Å². The summed E-state index contributed by atoms with van der Waals surface area (Å²) in [5.74, 6) is 1.24. The van der Waals surface area contributed by atoms with Crippen LogP contribution in [0, 0.1) is 0 Å². The van der Waals surface area contributed by atoms with Gasteiger partial charge in [-0.05, 0) is 36.8 Å². The Morgan fingerprint density at radius 2 is 1.87 bits per heavy atom. The maximum absolute atomic E-state index is 11.7. The van der Waals surface area contributed by atoms with E-state index < -0.39 is 10.0 Å². The van der Waals surface area contributed by atoms with Gasteiger partial charge in [-0.3, -0.25) is 4.72 Å². The fourth-order valence-electron chi connectivity index (χ4n) is 1.85. The zero-order valence-electron chi connectivity index (χ0n) is 12.7. The Hall–Kier alpha value is -2.06. The molecule has 1 aromatic carbocycles. The second kappa shape index (κ2) is 7.47. The number of rotatable bonds is 7. The highest BCUT2D eigenvalue weighted by molar-refractivity contribution is 7.92. The molecule has 0 aliphatic carbocycles. The van der Waals surface area contributed by atoms with Crippen LogP contribution in [0.4, 0.5) is 17.3 Å². The molecule has 2 rings (SSSR count). The molecule has 23 heavy (non-hydrogen) atoms. The van der Waals surface area contributed by atoms with Crippen LogP contribution in [-0.2, 0) is 10.0 Å². The van der Waals surface area contributed by atoms with Crippen molar-refractivity contribution in [1.82, 2.24) is 10.2 Å². The Bertz CT molecular complexity index is 766. The van der Waals surface area contributed by atoms with Crippen molar-refractivity contribution in [1.29, 1.82) is 0 Å². The van der Waals surface area contributed by atoms with E-state index >= 15 is 0 Å². The van der Waals surface area contributed by atoms with Crippen molar-refractivity contribution in [2.24, 2.45) is 0 Å². The largest absolute Gasteiger partial charge is 0.495 e. The standard InChI is InChI=1S/C14H17ClN4O3S/c1-3-8-23(20,21)19-14-7-6-13(17-18-14)16-11-9-10(15)4-5-12(11)22-2/h4-7,9H,3,8H2,1-2H3,(H,16,17)(H,18,19). The number of anilines is 3. The summed E-state index contributed by atoms with van der Waals surface area (Å²) in [4.78, 5) is 0. The number of halogens is 1. The van der Waals surface area contributed by atoms with E-state index in [0.717, 1.165) is 0 Å². The van der Waals surface area contributed by atoms with E-state index in [1.807, 2.05) is 0 Å². The molecule has 2 N–H and O–H groups in total. The predicted molar refractivity (Wildman–Crippen MR) is 91.0 cm³/mol. The van der Waals surface area contributed by atoms with Crippen molar-refractivity contribution in [3.05, 3.63) is 35.4 Å². The molecule has 0 saturated heterocycles. The number of methoxy groups -OCH3 is 1. The van der Waals surface area contributed by atoms with Gasteiger partial charge in [0.1, 0.15) is 5.75 Å². The summed E-state index contributed by atoms with van der Waals surface area (Å²) in [5, 5.41) is 11.3. The Kier molecular flexibility index (Phi) is 5.62. The Labute approximate surface area is 140 Å². The highest BCUT2D eigenvalue weighted by atomic mass is 35.5. The van der Waals surface area contributed by atoms with E-state index in [-0.39, 0.29) is 11.6 Å². The van der Waals surface area contributed by atoms with E-state index in [1.54, 1.807) is 38.3 Å². The van der Waals surface area contributed by atoms with Gasteiger partial charge >= 0.3 is 0 Å². The summed E-state index contributed by atoms with van der Waals surface area (Å²) in [6.45, 7) is 1.79. The van der Waals surface area contributed by atoms with Crippen molar-refractivity contribution in [2.45, 2.75) is 13.3 Å². The monoisotopic (exact) mass is 356 g/mol. The number of hydrogen-bond donors (Lipinski definition) is 2. The van der Waals surface area contributed by atoms with Crippen LogP contribution in [0.1, 0.15) is 13.3 Å². The summed E-state index contributed by atoms with van der Waals surface area (Å²) >= 11 is 5.96. The topological polar surface area (TPSA) is 93.2 Å². The number of benzene rings is 1. The van der Waals surface area contributed by atoms with Crippen LogP contribution >= 0.6 is 11.6 Å². The average Bonchev–Trinajstić information content (AvgIpc) is 2.49. The molecular formula is C14H17ClN4O3S. The van der Waals surface area contributed by atoms with Crippen LogP contribution in [0.15, 0.2) is 30.3 Å². The molecule has 0 fully saturated rings. The summed E-state index contributed by atoms with van der Waals surface area (Å²) in [6.07, 6.45) is 0.525. The van der Waals surface area contributed by atoms with E-state index in [9.17, 15) is 8.42 Å². The number of ether oxygens (including phenoxy) is 1. The molecule has 1 heterocycles. The first-order valence-corrected chi connectivity index (χ1v) is 8.91. The predicted octanol–water partition coefficient (Wildman–Crippen LogP) is 3.03. The summed E-state index contributed by atoms with van der Waals surface area (Å²) in [7, 11) is -1.84. The minimum absolute atomic E-state index is 0.0361. The number of sulfonamides is 1. The second-order valence-electron chi connectivity index (χ2n) is 4.69. The Morgan fingerprint density at radius 1 is 1.17 bits per heavy atom. The first-order chi connectivity index (χ1) is 10.9. The zero-order valence-corrected chi connectivity index (χ0v) is 14.3. The van der Waals surface area contributed by atoms with Crippen LogP contribution in [-0.4, -0.2) is 31.5 Å². The Morgan fingerprint density at radius 3 is 2.48 bits per heavy atom. The molecule has 0 aliphatic heterocycles. The van der Waals surface area contributed by atoms with E-state index in [1.165, 1.54) is 6.07 Å². The van der Waals surface area contributed by atoms with Crippen molar-refractivity contribution in [3.63, 3.8) is 0 Å². The van der Waals surface area contributed by atoms with Gasteiger partial charge in [-0.2, -0.15) is 0 Å². The summed E-state index contributed by atoms with van der Waals surface area (Å²) < 4.78 is 30.9. The molecule has 0 aliphatic rings. The quantitative estimate of drug-likeness (QED) is 0.792. The minimum atomic E-state index is -3.38. The molecule has 2 aromatic rings. The second-order valence-corrected chi connectivity index (χ2v) is 6.97. The first kappa shape index (κ1) is 17.3. The van der Waals surface area contributed by atoms with Crippen LogP contribution in [0.3, 0.4) is 0 Å². The van der Waals surface area contributed by atoms with Crippen LogP contribution in [0.5, 0.6) is 5.75 Å². The van der Waals surface area contributed by atoms with Crippen LogP contribution in [0.25, 0.3) is 0 Å². The maximum atomic E-state index is 11.7. The summed E-state index contributed by atoms with van der Waals surface area (Å²) in [5.41, 5.74) is 0.633. The summed E-state index contributed by atoms with van der Waals surface area (Å²) in [6, 6.07) is 8.27. The molecule has 0 atom stereocenters. The molecule has 0 spiro atoms. The van der Waals surface area contributed by atoms with E-state index in [2.05, 4.69) is 20.2 Å². The number of aromatic nitrogens is 2. The lowest BCUT2D eigenvalue weighted by molar-refractivity contribution is 0.417. The molecule has 0 unspecified atom stereocenters. The van der Waals surface area contributed by atoms with Gasteiger partial charge in [0.2, 0.25) is 10.0 Å². The fraction of sp³-hybridized carbons (Fsp3) is 0.286. The molecule has 9 heteroatoms.